The lowest BCUT2D eigenvalue weighted by Gasteiger charge is -2.05. The van der Waals surface area contributed by atoms with E-state index in [1.54, 1.807) is 0 Å². The third-order valence-electron chi connectivity index (χ3n) is 2.26. The number of amidine groups is 1. The van der Waals surface area contributed by atoms with E-state index in [0.717, 1.165) is 11.1 Å². The molecule has 1 aromatic heterocycles. The molecule has 17 heavy (non-hydrogen) atoms. The molecule has 3 N–H and O–H groups in total. The van der Waals surface area contributed by atoms with Crippen molar-refractivity contribution in [3.05, 3.63) is 41.1 Å². The quantitative estimate of drug-likeness (QED) is 0.546. The zero-order valence-corrected chi connectivity index (χ0v) is 9.27. The zero-order chi connectivity index (χ0) is 12.3. The summed E-state index contributed by atoms with van der Waals surface area (Å²) in [6.45, 7) is 2.48. The molecule has 0 saturated heterocycles. The Kier molecular flexibility index (Phi) is 3.04. The smallest absolute Gasteiger partial charge is 0.284 e. The largest absolute Gasteiger partial charge is 0.489 e. The van der Waals surface area contributed by atoms with Crippen molar-refractivity contribution in [1.29, 1.82) is 5.41 Å². The molecule has 0 atom stereocenters. The van der Waals surface area contributed by atoms with Crippen LogP contribution < -0.4 is 5.32 Å². The van der Waals surface area contributed by atoms with Crippen molar-refractivity contribution in [3.8, 4) is 5.88 Å². The average Bonchev–Trinajstić information content (AvgIpc) is 2.72. The Hall–Kier alpha value is -2.37. The van der Waals surface area contributed by atoms with E-state index < -0.39 is 0 Å². The van der Waals surface area contributed by atoms with E-state index in [0.29, 0.717) is 6.54 Å². The minimum atomic E-state index is -0.383. The van der Waals surface area contributed by atoms with Gasteiger partial charge in [0.2, 0.25) is 5.69 Å². The maximum absolute atomic E-state index is 9.21. The van der Waals surface area contributed by atoms with Crippen LogP contribution >= 0.6 is 0 Å². The molecule has 6 nitrogen and oxygen atoms in total. The van der Waals surface area contributed by atoms with E-state index in [4.69, 9.17) is 5.41 Å². The highest BCUT2D eigenvalue weighted by atomic mass is 16.6. The molecule has 0 amide bonds. The first-order valence-electron chi connectivity index (χ1n) is 5.06. The molecular formula is C11H12N4O2. The summed E-state index contributed by atoms with van der Waals surface area (Å²) >= 11 is 0. The molecule has 1 heterocycles. The Balaban J connectivity index is 1.99. The summed E-state index contributed by atoms with van der Waals surface area (Å²) in [6, 6.07) is 7.92. The monoisotopic (exact) mass is 232 g/mol. The number of nitrogens with zero attached hydrogens (tertiary/aromatic N) is 2. The lowest BCUT2D eigenvalue weighted by atomic mass is 10.1. The standard InChI is InChI=1S/C11H12N4O2/c1-7-3-2-4-8(5-7)6-13-10(12)9-11(16)15-17-14-9/h2-5H,6H2,1H3,(H2,12,13)(H,15,16). The second kappa shape index (κ2) is 4.65. The molecule has 1 aromatic carbocycles. The van der Waals surface area contributed by atoms with Gasteiger partial charge in [0.05, 0.1) is 0 Å². The van der Waals surface area contributed by atoms with Crippen LogP contribution in [0.4, 0.5) is 0 Å². The number of rotatable bonds is 3. The fourth-order valence-electron chi connectivity index (χ4n) is 1.44. The molecule has 2 aromatic rings. The maximum atomic E-state index is 9.21. The molecular weight excluding hydrogens is 220 g/mol. The van der Waals surface area contributed by atoms with Crippen LogP contribution in [0.5, 0.6) is 5.88 Å². The predicted octanol–water partition coefficient (Wildman–Crippen LogP) is 1.20. The molecule has 0 radical (unpaired) electrons. The summed E-state index contributed by atoms with van der Waals surface area (Å²) < 4.78 is 4.31. The molecule has 88 valence electrons. The van der Waals surface area contributed by atoms with Gasteiger partial charge in [0.1, 0.15) is 0 Å². The van der Waals surface area contributed by atoms with Crippen LogP contribution in [0.25, 0.3) is 0 Å². The lowest BCUT2D eigenvalue weighted by molar-refractivity contribution is 0.286. The van der Waals surface area contributed by atoms with Crippen LogP contribution in [0.1, 0.15) is 16.8 Å². The Bertz CT molecular complexity index is 536. The van der Waals surface area contributed by atoms with E-state index in [1.165, 1.54) is 0 Å². The number of aryl methyl sites for hydroxylation is 1. The molecule has 0 bridgehead atoms. The molecule has 0 saturated carbocycles. The van der Waals surface area contributed by atoms with Gasteiger partial charge < -0.3 is 10.4 Å². The number of hydrogen-bond acceptors (Lipinski definition) is 5. The van der Waals surface area contributed by atoms with Crippen molar-refractivity contribution in [1.82, 2.24) is 15.6 Å². The van der Waals surface area contributed by atoms with Gasteiger partial charge in [-0.05, 0) is 22.8 Å². The molecule has 0 aliphatic heterocycles. The van der Waals surface area contributed by atoms with E-state index in [1.807, 2.05) is 31.2 Å². The van der Waals surface area contributed by atoms with Gasteiger partial charge in [-0.15, -0.1) is 0 Å². The van der Waals surface area contributed by atoms with Crippen LogP contribution in [0.3, 0.4) is 0 Å². The highest BCUT2D eigenvalue weighted by Gasteiger charge is 2.13. The summed E-state index contributed by atoms with van der Waals surface area (Å²) in [5, 5.41) is 26.3. The SMILES string of the molecule is Cc1cccc(CNC(=N)c2nonc2O)c1. The predicted molar refractivity (Wildman–Crippen MR) is 60.8 cm³/mol. The fraction of sp³-hybridized carbons (Fsp3) is 0.182. The lowest BCUT2D eigenvalue weighted by Crippen LogP contribution is -2.23. The maximum Gasteiger partial charge on any atom is 0.284 e. The number of hydrogen-bond donors (Lipinski definition) is 3. The Morgan fingerprint density at radius 1 is 1.47 bits per heavy atom. The minimum Gasteiger partial charge on any atom is -0.489 e. The van der Waals surface area contributed by atoms with Crippen molar-refractivity contribution in [2.45, 2.75) is 13.5 Å². The van der Waals surface area contributed by atoms with Gasteiger partial charge in [-0.2, -0.15) is 0 Å². The zero-order valence-electron chi connectivity index (χ0n) is 9.27. The minimum absolute atomic E-state index is 0.0117. The van der Waals surface area contributed by atoms with Crippen molar-refractivity contribution in [3.63, 3.8) is 0 Å². The van der Waals surface area contributed by atoms with E-state index in [9.17, 15) is 5.11 Å². The van der Waals surface area contributed by atoms with Gasteiger partial charge in [-0.1, -0.05) is 29.8 Å². The highest BCUT2D eigenvalue weighted by Crippen LogP contribution is 2.09. The van der Waals surface area contributed by atoms with Gasteiger partial charge >= 0.3 is 0 Å². The Labute approximate surface area is 97.7 Å². The number of aromatic hydroxyl groups is 1. The summed E-state index contributed by atoms with van der Waals surface area (Å²) in [6.07, 6.45) is 0. The van der Waals surface area contributed by atoms with Crippen LogP contribution in [0.15, 0.2) is 28.9 Å². The van der Waals surface area contributed by atoms with Crippen LogP contribution in [0.2, 0.25) is 0 Å². The third kappa shape index (κ3) is 2.60. The van der Waals surface area contributed by atoms with Gasteiger partial charge in [-0.3, -0.25) is 5.41 Å². The van der Waals surface area contributed by atoms with Crippen molar-refractivity contribution < 1.29 is 9.74 Å². The van der Waals surface area contributed by atoms with E-state index in [-0.39, 0.29) is 17.4 Å². The van der Waals surface area contributed by atoms with Crippen LogP contribution in [-0.2, 0) is 6.54 Å². The molecule has 0 fully saturated rings. The Morgan fingerprint density at radius 3 is 2.94 bits per heavy atom. The summed E-state index contributed by atoms with van der Waals surface area (Å²) in [5.41, 5.74) is 2.21. The molecule has 6 heteroatoms. The molecule has 0 spiro atoms. The second-order valence-corrected chi connectivity index (χ2v) is 3.65. The number of aromatic nitrogens is 2. The summed E-state index contributed by atoms with van der Waals surface area (Å²) in [5.74, 6) is -0.406. The normalized spacial score (nSPS) is 10.2. The molecule has 0 unspecified atom stereocenters. The third-order valence-corrected chi connectivity index (χ3v) is 2.26. The van der Waals surface area contributed by atoms with E-state index >= 15 is 0 Å². The summed E-state index contributed by atoms with van der Waals surface area (Å²) in [4.78, 5) is 0. The number of nitrogens with one attached hydrogen (secondary N) is 2. The van der Waals surface area contributed by atoms with Gasteiger partial charge in [-0.25, -0.2) is 4.63 Å². The van der Waals surface area contributed by atoms with E-state index in [2.05, 4.69) is 20.3 Å². The van der Waals surface area contributed by atoms with Crippen molar-refractivity contribution in [2.75, 3.05) is 0 Å². The second-order valence-electron chi connectivity index (χ2n) is 3.65. The van der Waals surface area contributed by atoms with Crippen molar-refractivity contribution >= 4 is 5.84 Å². The summed E-state index contributed by atoms with van der Waals surface area (Å²) in [7, 11) is 0. The fourth-order valence-corrected chi connectivity index (χ4v) is 1.44. The first-order valence-corrected chi connectivity index (χ1v) is 5.06. The molecule has 2 rings (SSSR count). The topological polar surface area (TPSA) is 95.0 Å². The Morgan fingerprint density at radius 2 is 2.29 bits per heavy atom. The first kappa shape index (κ1) is 11.1. The molecule has 0 aliphatic carbocycles. The van der Waals surface area contributed by atoms with Crippen molar-refractivity contribution in [2.24, 2.45) is 0 Å². The highest BCUT2D eigenvalue weighted by molar-refractivity contribution is 5.96. The number of benzene rings is 1. The average molecular weight is 232 g/mol. The van der Waals surface area contributed by atoms with Gasteiger partial charge in [0, 0.05) is 6.54 Å². The first-order chi connectivity index (χ1) is 8.16. The molecule has 0 aliphatic rings. The van der Waals surface area contributed by atoms with Gasteiger partial charge in [0.15, 0.2) is 5.84 Å². The van der Waals surface area contributed by atoms with Gasteiger partial charge in [0.25, 0.3) is 5.88 Å². The van der Waals surface area contributed by atoms with Crippen LogP contribution in [0, 0.1) is 12.3 Å². The van der Waals surface area contributed by atoms with Crippen LogP contribution in [-0.4, -0.2) is 21.3 Å².